The van der Waals surface area contributed by atoms with Crippen molar-refractivity contribution in [2.75, 3.05) is 7.11 Å². The number of halogens is 1. The molecular formula is C14H19FN2O. The molecule has 98 valence electrons. The molecule has 1 aromatic carbocycles. The first kappa shape index (κ1) is 13.1. The van der Waals surface area contributed by atoms with E-state index in [1.54, 1.807) is 6.07 Å². The van der Waals surface area contributed by atoms with Gasteiger partial charge in [-0.15, -0.1) is 0 Å². The second-order valence-electron chi connectivity index (χ2n) is 4.52. The lowest BCUT2D eigenvalue weighted by Gasteiger charge is -2.23. The van der Waals surface area contributed by atoms with Crippen LogP contribution in [0.4, 0.5) is 4.39 Å². The fourth-order valence-corrected chi connectivity index (χ4v) is 2.40. The minimum atomic E-state index is -0.355. The van der Waals surface area contributed by atoms with Crippen LogP contribution in [0.15, 0.2) is 29.8 Å². The summed E-state index contributed by atoms with van der Waals surface area (Å²) in [6.07, 6.45) is 6.69. The zero-order valence-corrected chi connectivity index (χ0v) is 10.6. The fraction of sp³-hybridized carbons (Fsp3) is 0.429. The van der Waals surface area contributed by atoms with E-state index < -0.39 is 0 Å². The van der Waals surface area contributed by atoms with Gasteiger partial charge in [0, 0.05) is 0 Å². The van der Waals surface area contributed by atoms with Crippen LogP contribution in [0, 0.1) is 5.82 Å². The molecule has 0 aliphatic heterocycles. The maximum absolute atomic E-state index is 13.7. The Hall–Kier alpha value is -1.39. The van der Waals surface area contributed by atoms with Gasteiger partial charge in [0.05, 0.1) is 13.2 Å². The molecule has 3 nitrogen and oxygen atoms in total. The topological polar surface area (TPSA) is 47.3 Å². The van der Waals surface area contributed by atoms with Crippen LogP contribution in [-0.2, 0) is 0 Å². The highest BCUT2D eigenvalue weighted by Gasteiger charge is 2.18. The van der Waals surface area contributed by atoms with Crippen molar-refractivity contribution < 1.29 is 9.13 Å². The molecule has 0 amide bonds. The zero-order chi connectivity index (χ0) is 13.0. The molecule has 0 bridgehead atoms. The lowest BCUT2D eigenvalue weighted by molar-refractivity contribution is 0.385. The molecule has 0 saturated heterocycles. The van der Waals surface area contributed by atoms with E-state index in [0.717, 1.165) is 18.4 Å². The van der Waals surface area contributed by atoms with Gasteiger partial charge in [0.1, 0.15) is 0 Å². The van der Waals surface area contributed by atoms with E-state index in [1.807, 2.05) is 6.07 Å². The van der Waals surface area contributed by atoms with Crippen molar-refractivity contribution in [3.63, 3.8) is 0 Å². The quantitative estimate of drug-likeness (QED) is 0.491. The van der Waals surface area contributed by atoms with Crippen LogP contribution in [-0.4, -0.2) is 7.11 Å². The zero-order valence-electron chi connectivity index (χ0n) is 10.6. The summed E-state index contributed by atoms with van der Waals surface area (Å²) < 4.78 is 18.6. The summed E-state index contributed by atoms with van der Waals surface area (Å²) in [4.78, 5) is 0. The Morgan fingerprint density at radius 1 is 1.39 bits per heavy atom. The largest absolute Gasteiger partial charge is 0.494 e. The molecule has 1 atom stereocenters. The van der Waals surface area contributed by atoms with Gasteiger partial charge in [-0.25, -0.2) is 9.82 Å². The SMILES string of the molecule is COc1ccc(C(NN)C2=CCCCC2)cc1F. The molecule has 1 unspecified atom stereocenters. The number of nitrogens with one attached hydrogen (secondary N) is 1. The molecule has 1 aliphatic carbocycles. The van der Waals surface area contributed by atoms with Crippen molar-refractivity contribution in [3.05, 3.63) is 41.2 Å². The number of hydrogen-bond donors (Lipinski definition) is 2. The number of nitrogens with two attached hydrogens (primary N) is 1. The highest BCUT2D eigenvalue weighted by Crippen LogP contribution is 2.31. The van der Waals surface area contributed by atoms with Gasteiger partial charge in [-0.05, 0) is 43.4 Å². The van der Waals surface area contributed by atoms with Crippen LogP contribution >= 0.6 is 0 Å². The Balaban J connectivity index is 2.27. The lowest BCUT2D eigenvalue weighted by Crippen LogP contribution is -2.30. The molecule has 0 saturated carbocycles. The second kappa shape index (κ2) is 5.98. The van der Waals surface area contributed by atoms with Gasteiger partial charge < -0.3 is 4.74 Å². The van der Waals surface area contributed by atoms with Gasteiger partial charge in [-0.3, -0.25) is 5.84 Å². The molecule has 1 aliphatic rings. The summed E-state index contributed by atoms with van der Waals surface area (Å²) in [6, 6.07) is 4.87. The van der Waals surface area contributed by atoms with E-state index in [2.05, 4.69) is 11.5 Å². The van der Waals surface area contributed by atoms with Crippen LogP contribution < -0.4 is 16.0 Å². The number of methoxy groups -OCH3 is 1. The van der Waals surface area contributed by atoms with Crippen LogP contribution in [0.1, 0.15) is 37.3 Å². The Bertz CT molecular complexity index is 445. The van der Waals surface area contributed by atoms with E-state index in [9.17, 15) is 4.39 Å². The molecule has 18 heavy (non-hydrogen) atoms. The highest BCUT2D eigenvalue weighted by atomic mass is 19.1. The van der Waals surface area contributed by atoms with E-state index in [1.165, 1.54) is 31.6 Å². The van der Waals surface area contributed by atoms with Gasteiger partial charge in [-0.1, -0.05) is 17.7 Å². The predicted octanol–water partition coefficient (Wildman–Crippen LogP) is 2.84. The van der Waals surface area contributed by atoms with Crippen LogP contribution in [0.5, 0.6) is 5.75 Å². The van der Waals surface area contributed by atoms with Crippen molar-refractivity contribution in [2.24, 2.45) is 5.84 Å². The summed E-state index contributed by atoms with van der Waals surface area (Å²) in [5.74, 6) is 5.51. The third kappa shape index (κ3) is 2.71. The minimum absolute atomic E-state index is 0.106. The molecule has 0 aromatic heterocycles. The summed E-state index contributed by atoms with van der Waals surface area (Å²) in [5, 5.41) is 0. The molecule has 0 radical (unpaired) electrons. The second-order valence-corrected chi connectivity index (χ2v) is 4.52. The van der Waals surface area contributed by atoms with E-state index >= 15 is 0 Å². The van der Waals surface area contributed by atoms with Gasteiger partial charge in [0.15, 0.2) is 11.6 Å². The summed E-state index contributed by atoms with van der Waals surface area (Å²) in [5.41, 5.74) is 4.86. The number of hydrazine groups is 1. The number of allylic oxidation sites excluding steroid dienone is 1. The van der Waals surface area contributed by atoms with Crippen LogP contribution in [0.2, 0.25) is 0 Å². The van der Waals surface area contributed by atoms with Gasteiger partial charge >= 0.3 is 0 Å². The molecule has 0 heterocycles. The molecule has 0 fully saturated rings. The minimum Gasteiger partial charge on any atom is -0.494 e. The number of hydrogen-bond acceptors (Lipinski definition) is 3. The normalized spacial score (nSPS) is 17.2. The first-order chi connectivity index (χ1) is 8.76. The van der Waals surface area contributed by atoms with E-state index in [-0.39, 0.29) is 17.6 Å². The van der Waals surface area contributed by atoms with E-state index in [4.69, 9.17) is 10.6 Å². The average molecular weight is 250 g/mol. The van der Waals surface area contributed by atoms with Crippen molar-refractivity contribution >= 4 is 0 Å². The standard InChI is InChI=1S/C14H19FN2O/c1-18-13-8-7-11(9-12(13)15)14(17-16)10-5-3-2-4-6-10/h5,7-9,14,17H,2-4,6,16H2,1H3. The molecular weight excluding hydrogens is 231 g/mol. The first-order valence-electron chi connectivity index (χ1n) is 6.24. The molecule has 1 aromatic rings. The number of ether oxygens (including phenoxy) is 1. The average Bonchev–Trinajstić information content (AvgIpc) is 2.41. The van der Waals surface area contributed by atoms with Gasteiger partial charge in [0.2, 0.25) is 0 Å². The van der Waals surface area contributed by atoms with Crippen molar-refractivity contribution in [2.45, 2.75) is 31.7 Å². The lowest BCUT2D eigenvalue weighted by atomic mass is 9.90. The highest BCUT2D eigenvalue weighted by molar-refractivity contribution is 5.35. The number of rotatable bonds is 4. The molecule has 4 heteroatoms. The van der Waals surface area contributed by atoms with E-state index in [0.29, 0.717) is 0 Å². The molecule has 3 N–H and O–H groups in total. The summed E-state index contributed by atoms with van der Waals surface area (Å²) >= 11 is 0. The molecule has 2 rings (SSSR count). The Labute approximate surface area is 107 Å². The van der Waals surface area contributed by atoms with Gasteiger partial charge in [0.25, 0.3) is 0 Å². The van der Waals surface area contributed by atoms with Crippen molar-refractivity contribution in [3.8, 4) is 5.75 Å². The first-order valence-corrected chi connectivity index (χ1v) is 6.24. The monoisotopic (exact) mass is 250 g/mol. The maximum Gasteiger partial charge on any atom is 0.165 e. The smallest absolute Gasteiger partial charge is 0.165 e. The Kier molecular flexibility index (Phi) is 4.33. The number of benzene rings is 1. The van der Waals surface area contributed by atoms with Crippen molar-refractivity contribution in [1.29, 1.82) is 0 Å². The summed E-state index contributed by atoms with van der Waals surface area (Å²) in [6.45, 7) is 0. The van der Waals surface area contributed by atoms with Crippen molar-refractivity contribution in [1.82, 2.24) is 5.43 Å². The third-order valence-corrected chi connectivity index (χ3v) is 3.37. The molecule has 0 spiro atoms. The van der Waals surface area contributed by atoms with Crippen LogP contribution in [0.3, 0.4) is 0 Å². The third-order valence-electron chi connectivity index (χ3n) is 3.37. The maximum atomic E-state index is 13.7. The predicted molar refractivity (Wildman–Crippen MR) is 69.6 cm³/mol. The van der Waals surface area contributed by atoms with Crippen LogP contribution in [0.25, 0.3) is 0 Å². The fourth-order valence-electron chi connectivity index (χ4n) is 2.40. The Morgan fingerprint density at radius 2 is 2.22 bits per heavy atom. The summed E-state index contributed by atoms with van der Waals surface area (Å²) in [7, 11) is 1.46. The Morgan fingerprint density at radius 3 is 2.78 bits per heavy atom. The van der Waals surface area contributed by atoms with Gasteiger partial charge in [-0.2, -0.15) is 0 Å².